The number of unbranched alkanes of at least 4 members (excludes halogenated alkanes) is 5. The van der Waals surface area contributed by atoms with E-state index in [-0.39, 0.29) is 5.97 Å². The van der Waals surface area contributed by atoms with E-state index in [0.717, 1.165) is 50.1 Å². The lowest BCUT2D eigenvalue weighted by molar-refractivity contribution is -0.137. The number of methoxy groups -OCH3 is 2. The average Bonchev–Trinajstić information content (AvgIpc) is 2.82. The van der Waals surface area contributed by atoms with Crippen LogP contribution in [0.2, 0.25) is 6.04 Å². The molecule has 0 bridgehead atoms. The van der Waals surface area contributed by atoms with Gasteiger partial charge in [-0.15, -0.1) is 0 Å². The molecular weight excluding hydrogens is 440 g/mol. The van der Waals surface area contributed by atoms with Crippen LogP contribution in [-0.4, -0.2) is 55.4 Å². The van der Waals surface area contributed by atoms with Gasteiger partial charge in [0.15, 0.2) is 11.5 Å². The normalized spacial score (nSPS) is 11.7. The molecule has 0 amide bonds. The van der Waals surface area contributed by atoms with Gasteiger partial charge in [0.05, 0.1) is 20.8 Å². The third-order valence-electron chi connectivity index (χ3n) is 5.03. The second-order valence-electron chi connectivity index (χ2n) is 7.47. The summed E-state index contributed by atoms with van der Waals surface area (Å²) in [5.41, 5.74) is 0.842. The van der Waals surface area contributed by atoms with Crippen molar-refractivity contribution in [2.45, 2.75) is 65.3 Å². The molecule has 1 rings (SSSR count). The van der Waals surface area contributed by atoms with Crippen molar-refractivity contribution >= 4 is 20.8 Å². The molecule has 0 N–H and O–H groups in total. The van der Waals surface area contributed by atoms with Gasteiger partial charge in [-0.3, -0.25) is 0 Å². The van der Waals surface area contributed by atoms with Crippen molar-refractivity contribution in [1.29, 1.82) is 0 Å². The molecule has 8 heteroatoms. The predicted molar refractivity (Wildman–Crippen MR) is 133 cm³/mol. The lowest BCUT2D eigenvalue weighted by Gasteiger charge is -2.28. The zero-order valence-corrected chi connectivity index (χ0v) is 22.0. The van der Waals surface area contributed by atoms with Gasteiger partial charge >= 0.3 is 14.8 Å². The van der Waals surface area contributed by atoms with E-state index in [9.17, 15) is 4.79 Å². The van der Waals surface area contributed by atoms with E-state index >= 15 is 0 Å². The molecule has 0 saturated heterocycles. The summed E-state index contributed by atoms with van der Waals surface area (Å²) >= 11 is 0. The molecule has 0 saturated carbocycles. The fourth-order valence-electron chi connectivity index (χ4n) is 3.49. The first-order valence-corrected chi connectivity index (χ1v) is 14.0. The molecule has 7 nitrogen and oxygen atoms in total. The summed E-state index contributed by atoms with van der Waals surface area (Å²) in [6.07, 6.45) is 9.47. The minimum absolute atomic E-state index is 0.339. The molecule has 0 aliphatic heterocycles. The Kier molecular flexibility index (Phi) is 15.5. The van der Waals surface area contributed by atoms with Crippen LogP contribution >= 0.6 is 0 Å². The van der Waals surface area contributed by atoms with Crippen LogP contribution in [0.15, 0.2) is 24.3 Å². The van der Waals surface area contributed by atoms with Gasteiger partial charge in [-0.25, -0.2) is 4.79 Å². The van der Waals surface area contributed by atoms with E-state index in [1.54, 1.807) is 26.4 Å². The topological polar surface area (TPSA) is 72.5 Å². The summed E-state index contributed by atoms with van der Waals surface area (Å²) < 4.78 is 33.4. The standard InChI is InChI=1S/C25H42O7Si/c1-6-30-33(31-7-2,32-8-3)20-14-12-10-9-11-13-19-29-25(26)18-16-22-15-17-23(27-4)24(21-22)28-5/h15-18,21H,6-14,19-20H2,1-5H3/b18-16+. The highest BCUT2D eigenvalue weighted by Gasteiger charge is 2.39. The SMILES string of the molecule is CCO[Si](CCCCCCCCOC(=O)/C=C/c1ccc(OC)c(OC)c1)(OCC)OCC. The van der Waals surface area contributed by atoms with Crippen LogP contribution in [0.3, 0.4) is 0 Å². The molecule has 0 aliphatic rings. The van der Waals surface area contributed by atoms with Crippen molar-refractivity contribution in [2.24, 2.45) is 0 Å². The number of rotatable bonds is 19. The van der Waals surface area contributed by atoms with E-state index in [1.165, 1.54) is 6.08 Å². The zero-order valence-electron chi connectivity index (χ0n) is 21.0. The summed E-state index contributed by atoms with van der Waals surface area (Å²) in [7, 11) is 0.659. The lowest BCUT2D eigenvalue weighted by Crippen LogP contribution is -2.45. The largest absolute Gasteiger partial charge is 0.500 e. The van der Waals surface area contributed by atoms with Crippen molar-refractivity contribution in [3.63, 3.8) is 0 Å². The summed E-state index contributed by atoms with van der Waals surface area (Å²) in [6, 6.07) is 6.34. The van der Waals surface area contributed by atoms with Crippen molar-refractivity contribution in [3.05, 3.63) is 29.8 Å². The Morgan fingerprint density at radius 1 is 0.818 bits per heavy atom. The number of carbonyl (C=O) groups is 1. The highest BCUT2D eigenvalue weighted by molar-refractivity contribution is 6.60. The minimum atomic E-state index is -2.51. The first-order chi connectivity index (χ1) is 16.0. The average molecular weight is 483 g/mol. The number of hydrogen-bond acceptors (Lipinski definition) is 7. The molecule has 0 atom stereocenters. The van der Waals surface area contributed by atoms with Crippen LogP contribution in [0, 0.1) is 0 Å². The molecule has 0 spiro atoms. The fraction of sp³-hybridized carbons (Fsp3) is 0.640. The molecule has 0 radical (unpaired) electrons. The van der Waals surface area contributed by atoms with E-state index in [1.807, 2.05) is 32.9 Å². The Hall–Kier alpha value is -1.87. The highest BCUT2D eigenvalue weighted by atomic mass is 28.4. The van der Waals surface area contributed by atoms with Gasteiger partial charge in [0.2, 0.25) is 0 Å². The predicted octanol–water partition coefficient (Wildman–Crippen LogP) is 5.65. The third-order valence-corrected chi connectivity index (χ3v) is 8.19. The summed E-state index contributed by atoms with van der Waals surface area (Å²) in [4.78, 5) is 11.9. The first kappa shape index (κ1) is 29.2. The maximum atomic E-state index is 11.9. The molecule has 0 aliphatic carbocycles. The van der Waals surface area contributed by atoms with E-state index in [4.69, 9.17) is 27.5 Å². The molecule has 0 heterocycles. The van der Waals surface area contributed by atoms with Crippen LogP contribution in [0.1, 0.15) is 64.9 Å². The highest BCUT2D eigenvalue weighted by Crippen LogP contribution is 2.28. The Bertz CT molecular complexity index is 676. The van der Waals surface area contributed by atoms with E-state index in [2.05, 4.69) is 0 Å². The lowest BCUT2D eigenvalue weighted by atomic mass is 10.1. The number of carbonyl (C=O) groups excluding carboxylic acids is 1. The fourth-order valence-corrected chi connectivity index (χ4v) is 6.18. The van der Waals surface area contributed by atoms with Crippen molar-refractivity contribution in [3.8, 4) is 11.5 Å². The molecule has 188 valence electrons. The monoisotopic (exact) mass is 482 g/mol. The van der Waals surface area contributed by atoms with Gasteiger partial charge in [0, 0.05) is 31.9 Å². The molecule has 1 aromatic rings. The van der Waals surface area contributed by atoms with Crippen LogP contribution < -0.4 is 9.47 Å². The third kappa shape index (κ3) is 11.7. The molecule has 0 aromatic heterocycles. The Balaban J connectivity index is 2.20. The van der Waals surface area contributed by atoms with Crippen molar-refractivity contribution in [2.75, 3.05) is 40.6 Å². The van der Waals surface area contributed by atoms with Crippen LogP contribution in [0.5, 0.6) is 11.5 Å². The van der Waals surface area contributed by atoms with Gasteiger partial charge in [-0.05, 0) is 57.4 Å². The number of benzene rings is 1. The molecule has 1 aromatic carbocycles. The van der Waals surface area contributed by atoms with E-state index in [0.29, 0.717) is 37.9 Å². The Labute approximate surface area is 200 Å². The van der Waals surface area contributed by atoms with Crippen LogP contribution in [-0.2, 0) is 22.8 Å². The van der Waals surface area contributed by atoms with E-state index < -0.39 is 8.80 Å². The summed E-state index contributed by atoms with van der Waals surface area (Å²) in [5.74, 6) is 0.931. The first-order valence-electron chi connectivity index (χ1n) is 12.0. The maximum Gasteiger partial charge on any atom is 0.500 e. The van der Waals surface area contributed by atoms with Gasteiger partial charge in [0.25, 0.3) is 0 Å². The molecule has 0 fully saturated rings. The van der Waals surface area contributed by atoms with Gasteiger partial charge in [-0.2, -0.15) is 0 Å². The van der Waals surface area contributed by atoms with Gasteiger partial charge in [0.1, 0.15) is 0 Å². The second kappa shape index (κ2) is 17.6. The quantitative estimate of drug-likeness (QED) is 0.109. The number of esters is 1. The number of hydrogen-bond donors (Lipinski definition) is 0. The summed E-state index contributed by atoms with van der Waals surface area (Å²) in [5, 5.41) is 0. The van der Waals surface area contributed by atoms with Crippen LogP contribution in [0.25, 0.3) is 6.08 Å². The smallest absolute Gasteiger partial charge is 0.493 e. The Morgan fingerprint density at radius 2 is 1.39 bits per heavy atom. The van der Waals surface area contributed by atoms with Crippen molar-refractivity contribution in [1.82, 2.24) is 0 Å². The molecule has 0 unspecified atom stereocenters. The van der Waals surface area contributed by atoms with Gasteiger partial charge in [-0.1, -0.05) is 31.7 Å². The summed E-state index contributed by atoms with van der Waals surface area (Å²) in [6.45, 7) is 8.25. The Morgan fingerprint density at radius 3 is 1.97 bits per heavy atom. The molecular formula is C25H42O7Si. The van der Waals surface area contributed by atoms with Crippen molar-refractivity contribution < 1.29 is 32.3 Å². The minimum Gasteiger partial charge on any atom is -0.493 e. The molecule has 33 heavy (non-hydrogen) atoms. The van der Waals surface area contributed by atoms with Crippen LogP contribution in [0.4, 0.5) is 0 Å². The number of ether oxygens (including phenoxy) is 3. The second-order valence-corrected chi connectivity index (χ2v) is 10.2. The zero-order chi connectivity index (χ0) is 24.4. The maximum absolute atomic E-state index is 11.9. The van der Waals surface area contributed by atoms with Gasteiger partial charge < -0.3 is 27.5 Å².